The number of halogens is 1. The van der Waals surface area contributed by atoms with Gasteiger partial charge in [-0.25, -0.2) is 0 Å². The maximum Gasteiger partial charge on any atom is 0.184 e. The Labute approximate surface area is 154 Å². The van der Waals surface area contributed by atoms with Crippen LogP contribution in [0, 0.1) is 0 Å². The third-order valence-corrected chi connectivity index (χ3v) is 3.72. The Kier molecular flexibility index (Phi) is 6.07. The van der Waals surface area contributed by atoms with Crippen molar-refractivity contribution in [2.24, 2.45) is 21.7 Å². The Hall–Kier alpha value is -2.23. The van der Waals surface area contributed by atoms with Crippen molar-refractivity contribution in [2.45, 2.75) is 13.5 Å². The van der Waals surface area contributed by atoms with Gasteiger partial charge in [-0.2, -0.15) is 10.2 Å². The Bertz CT molecular complexity index is 841. The van der Waals surface area contributed by atoms with E-state index < -0.39 is 0 Å². The summed E-state index contributed by atoms with van der Waals surface area (Å²) in [6, 6.07) is 5.83. The number of rotatable bonds is 5. The first kappa shape index (κ1) is 18.1. The van der Waals surface area contributed by atoms with Crippen LogP contribution < -0.4 is 22.3 Å². The van der Waals surface area contributed by atoms with Crippen molar-refractivity contribution >= 4 is 69.6 Å². The van der Waals surface area contributed by atoms with Crippen LogP contribution >= 0.6 is 36.0 Å². The van der Waals surface area contributed by atoms with Gasteiger partial charge in [0.1, 0.15) is 5.15 Å². The van der Waals surface area contributed by atoms with E-state index in [0.717, 1.165) is 28.6 Å². The zero-order valence-electron chi connectivity index (χ0n) is 12.8. The standard InChI is InChI=1S/C14H16ClN7S2/c1-2-22-11-4-3-8(6-18-20-13(16)23)5-9(11)10(12(22)15)7-19-21-14(17)24/h3-7H,2H2,1H3,(H3,16,20,23)(H3,17,21,24)/b18-6+,19-7+. The van der Waals surface area contributed by atoms with Gasteiger partial charge in [0.15, 0.2) is 10.2 Å². The number of hydrogen-bond donors (Lipinski definition) is 4. The molecule has 0 aliphatic carbocycles. The Morgan fingerprint density at radius 1 is 1.21 bits per heavy atom. The van der Waals surface area contributed by atoms with Gasteiger partial charge in [-0.15, -0.1) is 0 Å². The second kappa shape index (κ2) is 8.04. The minimum atomic E-state index is 0.0817. The lowest BCUT2D eigenvalue weighted by Crippen LogP contribution is -2.24. The fourth-order valence-electron chi connectivity index (χ4n) is 2.21. The molecule has 2 aromatic rings. The maximum absolute atomic E-state index is 6.47. The monoisotopic (exact) mass is 381 g/mol. The third kappa shape index (κ3) is 4.19. The highest BCUT2D eigenvalue weighted by atomic mass is 35.5. The molecule has 0 fully saturated rings. The lowest BCUT2D eigenvalue weighted by molar-refractivity contribution is 0.798. The largest absolute Gasteiger partial charge is 0.375 e. The van der Waals surface area contributed by atoms with E-state index >= 15 is 0 Å². The van der Waals surface area contributed by atoms with Gasteiger partial charge in [-0.3, -0.25) is 10.9 Å². The molecule has 10 heteroatoms. The van der Waals surface area contributed by atoms with Gasteiger partial charge >= 0.3 is 0 Å². The first-order valence-electron chi connectivity index (χ1n) is 6.92. The van der Waals surface area contributed by atoms with Crippen LogP contribution in [0.3, 0.4) is 0 Å². The Morgan fingerprint density at radius 3 is 2.42 bits per heavy atom. The maximum atomic E-state index is 6.47. The number of aromatic nitrogens is 1. The van der Waals surface area contributed by atoms with Crippen LogP contribution in [-0.2, 0) is 6.54 Å². The number of aryl methyl sites for hydroxylation is 1. The molecule has 0 atom stereocenters. The SMILES string of the molecule is CCn1c(Cl)c(/C=N/NC(N)=S)c2cc(/C=N/NC(N)=S)ccc21. The number of nitrogens with zero attached hydrogens (tertiary/aromatic N) is 3. The van der Waals surface area contributed by atoms with Crippen LogP contribution in [0.2, 0.25) is 5.15 Å². The fourth-order valence-corrected chi connectivity index (χ4v) is 2.68. The van der Waals surface area contributed by atoms with Crippen molar-refractivity contribution in [1.82, 2.24) is 15.4 Å². The molecule has 0 saturated heterocycles. The molecule has 0 radical (unpaired) electrons. The molecule has 6 N–H and O–H groups in total. The molecule has 0 aliphatic rings. The van der Waals surface area contributed by atoms with Crippen LogP contribution in [0.5, 0.6) is 0 Å². The topological polar surface area (TPSA) is 106 Å². The highest BCUT2D eigenvalue weighted by Crippen LogP contribution is 2.29. The zero-order valence-corrected chi connectivity index (χ0v) is 15.2. The summed E-state index contributed by atoms with van der Waals surface area (Å²) < 4.78 is 1.98. The lowest BCUT2D eigenvalue weighted by Gasteiger charge is -2.02. The molecule has 0 bridgehead atoms. The van der Waals surface area contributed by atoms with E-state index in [1.54, 1.807) is 12.4 Å². The molecule has 2 rings (SSSR count). The van der Waals surface area contributed by atoms with Crippen LogP contribution in [0.1, 0.15) is 18.1 Å². The van der Waals surface area contributed by atoms with Gasteiger partial charge in [0, 0.05) is 23.0 Å². The summed E-state index contributed by atoms with van der Waals surface area (Å²) in [6.45, 7) is 2.74. The lowest BCUT2D eigenvalue weighted by atomic mass is 10.1. The molecule has 0 spiro atoms. The minimum absolute atomic E-state index is 0.0817. The van der Waals surface area contributed by atoms with Crippen LogP contribution in [0.4, 0.5) is 0 Å². The molecule has 24 heavy (non-hydrogen) atoms. The summed E-state index contributed by atoms with van der Waals surface area (Å²) in [5.41, 5.74) is 18.3. The molecule has 1 heterocycles. The number of benzene rings is 1. The zero-order chi connectivity index (χ0) is 17.7. The van der Waals surface area contributed by atoms with Gasteiger partial charge in [0.05, 0.1) is 12.4 Å². The molecular formula is C14H16ClN7S2. The van der Waals surface area contributed by atoms with Crippen LogP contribution in [0.25, 0.3) is 10.9 Å². The van der Waals surface area contributed by atoms with Gasteiger partial charge in [0.25, 0.3) is 0 Å². The molecule has 0 saturated carbocycles. The second-order valence-corrected chi connectivity index (χ2v) is 5.93. The summed E-state index contributed by atoms with van der Waals surface area (Å²) in [5, 5.41) is 9.64. The Balaban J connectivity index is 2.48. The number of nitrogens with two attached hydrogens (primary N) is 2. The molecule has 0 aliphatic heterocycles. The molecular weight excluding hydrogens is 366 g/mol. The number of fused-ring (bicyclic) bond motifs is 1. The van der Waals surface area contributed by atoms with Crippen LogP contribution in [-0.4, -0.2) is 27.2 Å². The number of thiocarbonyl (C=S) groups is 2. The predicted octanol–water partition coefficient (Wildman–Crippen LogP) is 1.65. The van der Waals surface area contributed by atoms with Crippen molar-refractivity contribution in [1.29, 1.82) is 0 Å². The smallest absolute Gasteiger partial charge is 0.184 e. The number of hydrazone groups is 2. The van der Waals surface area contributed by atoms with E-state index in [4.69, 9.17) is 47.5 Å². The van der Waals surface area contributed by atoms with Crippen molar-refractivity contribution in [2.75, 3.05) is 0 Å². The highest BCUT2D eigenvalue weighted by Gasteiger charge is 2.13. The van der Waals surface area contributed by atoms with Gasteiger partial charge in [0.2, 0.25) is 0 Å². The highest BCUT2D eigenvalue weighted by molar-refractivity contribution is 7.80. The van der Waals surface area contributed by atoms with E-state index in [0.29, 0.717) is 5.15 Å². The van der Waals surface area contributed by atoms with Crippen molar-refractivity contribution in [3.63, 3.8) is 0 Å². The summed E-state index contributed by atoms with van der Waals surface area (Å²) in [5.74, 6) is 0. The molecule has 0 amide bonds. The number of nitrogens with one attached hydrogen (secondary N) is 2. The first-order chi connectivity index (χ1) is 11.4. The summed E-state index contributed by atoms with van der Waals surface area (Å²) >= 11 is 15.9. The van der Waals surface area contributed by atoms with Crippen molar-refractivity contribution in [3.05, 3.63) is 34.5 Å². The summed E-state index contributed by atoms with van der Waals surface area (Å²) in [4.78, 5) is 0. The van der Waals surface area contributed by atoms with Gasteiger partial charge in [-0.1, -0.05) is 17.7 Å². The fraction of sp³-hybridized carbons (Fsp3) is 0.143. The van der Waals surface area contributed by atoms with Crippen molar-refractivity contribution in [3.8, 4) is 0 Å². The Morgan fingerprint density at radius 2 is 1.83 bits per heavy atom. The van der Waals surface area contributed by atoms with E-state index in [1.165, 1.54) is 0 Å². The van der Waals surface area contributed by atoms with E-state index in [1.807, 2.05) is 29.7 Å². The van der Waals surface area contributed by atoms with Crippen molar-refractivity contribution < 1.29 is 0 Å². The predicted molar refractivity (Wildman–Crippen MR) is 108 cm³/mol. The first-order valence-corrected chi connectivity index (χ1v) is 8.12. The van der Waals surface area contributed by atoms with Gasteiger partial charge in [-0.05, 0) is 49.1 Å². The molecule has 126 valence electrons. The summed E-state index contributed by atoms with van der Waals surface area (Å²) in [7, 11) is 0. The van der Waals surface area contributed by atoms with E-state index in [2.05, 4.69) is 21.1 Å². The van der Waals surface area contributed by atoms with E-state index in [9.17, 15) is 0 Å². The molecule has 1 aromatic heterocycles. The molecule has 1 aromatic carbocycles. The summed E-state index contributed by atoms with van der Waals surface area (Å²) in [6.07, 6.45) is 3.20. The average molecular weight is 382 g/mol. The number of hydrogen-bond acceptors (Lipinski definition) is 4. The second-order valence-electron chi connectivity index (χ2n) is 4.69. The minimum Gasteiger partial charge on any atom is -0.375 e. The molecule has 7 nitrogen and oxygen atoms in total. The van der Waals surface area contributed by atoms with E-state index in [-0.39, 0.29) is 10.2 Å². The quantitative estimate of drug-likeness (QED) is 0.356. The van der Waals surface area contributed by atoms with Gasteiger partial charge < -0.3 is 16.0 Å². The normalized spacial score (nSPS) is 11.4. The van der Waals surface area contributed by atoms with Crippen LogP contribution in [0.15, 0.2) is 28.4 Å². The average Bonchev–Trinajstić information content (AvgIpc) is 2.78. The third-order valence-electron chi connectivity index (χ3n) is 3.13. The molecule has 0 unspecified atom stereocenters.